The van der Waals surface area contributed by atoms with Gasteiger partial charge >= 0.3 is 0 Å². The lowest BCUT2D eigenvalue weighted by molar-refractivity contribution is -0.115. The number of thiophene rings is 1. The van der Waals surface area contributed by atoms with Crippen LogP contribution in [0.3, 0.4) is 0 Å². The molecule has 0 saturated carbocycles. The lowest BCUT2D eigenvalue weighted by Crippen LogP contribution is -2.17. The molecule has 2 amide bonds. The van der Waals surface area contributed by atoms with Crippen molar-refractivity contribution in [2.75, 3.05) is 0 Å². The lowest BCUT2D eigenvalue weighted by atomic mass is 10.4. The van der Waals surface area contributed by atoms with Crippen molar-refractivity contribution < 1.29 is 9.59 Å². The summed E-state index contributed by atoms with van der Waals surface area (Å²) in [4.78, 5) is 25.1. The molecule has 0 spiro atoms. The topological polar surface area (TPSA) is 46.2 Å². The highest BCUT2D eigenvalue weighted by molar-refractivity contribution is 8.18. The Morgan fingerprint density at radius 3 is 2.52 bits per heavy atom. The first kappa shape index (κ1) is 14.7. The van der Waals surface area contributed by atoms with E-state index in [1.165, 1.54) is 0 Å². The fourth-order valence-corrected chi connectivity index (χ4v) is 4.58. The van der Waals surface area contributed by atoms with Gasteiger partial charge in [0.15, 0.2) is 0 Å². The van der Waals surface area contributed by atoms with Crippen LogP contribution in [0.2, 0.25) is 5.02 Å². The average molecular weight is 354 g/mol. The third-order valence-electron chi connectivity index (χ3n) is 2.55. The third-order valence-corrected chi connectivity index (χ3v) is 5.78. The Bertz CT molecular complexity index is 737. The van der Waals surface area contributed by atoms with Crippen LogP contribution >= 0.6 is 46.5 Å². The Kier molecular flexibility index (Phi) is 4.40. The van der Waals surface area contributed by atoms with Gasteiger partial charge in [-0.1, -0.05) is 23.4 Å². The van der Waals surface area contributed by atoms with E-state index in [0.29, 0.717) is 9.93 Å². The second kappa shape index (κ2) is 6.27. The number of carbonyl (C=O) groups is 2. The minimum atomic E-state index is -0.328. The first-order valence-corrected chi connectivity index (χ1v) is 8.71. The van der Waals surface area contributed by atoms with Gasteiger partial charge in [0.2, 0.25) is 0 Å². The molecule has 1 aliphatic heterocycles. The van der Waals surface area contributed by atoms with E-state index in [9.17, 15) is 9.59 Å². The summed E-state index contributed by atoms with van der Waals surface area (Å²) in [5, 5.41) is 2.63. The summed E-state index contributed by atoms with van der Waals surface area (Å²) in [5.41, 5.74) is 0. The quantitative estimate of drug-likeness (QED) is 0.799. The monoisotopic (exact) mass is 353 g/mol. The van der Waals surface area contributed by atoms with E-state index in [-0.39, 0.29) is 11.1 Å². The van der Waals surface area contributed by atoms with Crippen molar-refractivity contribution in [3.8, 4) is 0 Å². The van der Waals surface area contributed by atoms with Gasteiger partial charge in [-0.3, -0.25) is 14.9 Å². The van der Waals surface area contributed by atoms with Gasteiger partial charge in [0.05, 0.1) is 9.11 Å². The highest BCUT2D eigenvalue weighted by atomic mass is 35.5. The number of hydrogen-bond acceptors (Lipinski definition) is 5. The van der Waals surface area contributed by atoms with E-state index in [2.05, 4.69) is 5.32 Å². The minimum Gasteiger partial charge on any atom is -0.282 e. The van der Waals surface area contributed by atoms with E-state index >= 15 is 0 Å². The third kappa shape index (κ3) is 3.71. The predicted molar refractivity (Wildman–Crippen MR) is 89.0 cm³/mol. The molecule has 0 radical (unpaired) electrons. The maximum absolute atomic E-state index is 11.5. The Morgan fingerprint density at radius 2 is 1.86 bits per heavy atom. The summed E-state index contributed by atoms with van der Waals surface area (Å²) in [7, 11) is 0. The van der Waals surface area contributed by atoms with Crippen LogP contribution in [-0.4, -0.2) is 11.1 Å². The van der Waals surface area contributed by atoms with Crippen molar-refractivity contribution in [3.05, 3.63) is 51.2 Å². The number of amides is 2. The molecule has 1 fully saturated rings. The molecule has 3 rings (SSSR count). The van der Waals surface area contributed by atoms with Crippen LogP contribution in [0, 0.1) is 0 Å². The van der Waals surface area contributed by atoms with Crippen molar-refractivity contribution in [1.29, 1.82) is 0 Å². The number of carbonyl (C=O) groups excluding carboxylic acids is 2. The first-order chi connectivity index (χ1) is 10.1. The molecule has 0 bridgehead atoms. The molecular weight excluding hydrogens is 346 g/mol. The zero-order chi connectivity index (χ0) is 14.8. The van der Waals surface area contributed by atoms with Crippen molar-refractivity contribution >= 4 is 63.7 Å². The summed E-state index contributed by atoms with van der Waals surface area (Å²) in [6.45, 7) is 0. The molecule has 2 aromatic rings. The van der Waals surface area contributed by atoms with Gasteiger partial charge in [-0.05, 0) is 54.2 Å². The SMILES string of the molecule is O=C1NC(=O)/C(=C\c2ccc(Sc3ccc(Cl)cc3)s2)S1. The maximum Gasteiger partial charge on any atom is 0.290 e. The number of rotatable bonds is 3. The van der Waals surface area contributed by atoms with Crippen LogP contribution in [0.4, 0.5) is 4.79 Å². The van der Waals surface area contributed by atoms with Crippen LogP contribution in [0.15, 0.2) is 50.4 Å². The number of imide groups is 1. The van der Waals surface area contributed by atoms with Gasteiger partial charge in [0.1, 0.15) is 0 Å². The van der Waals surface area contributed by atoms with E-state index < -0.39 is 0 Å². The van der Waals surface area contributed by atoms with Gasteiger partial charge in [0.25, 0.3) is 11.1 Å². The summed E-state index contributed by atoms with van der Waals surface area (Å²) in [5.74, 6) is -0.328. The molecule has 1 N–H and O–H groups in total. The molecule has 1 saturated heterocycles. The van der Waals surface area contributed by atoms with E-state index in [1.54, 1.807) is 29.2 Å². The molecule has 7 heteroatoms. The van der Waals surface area contributed by atoms with Crippen LogP contribution < -0.4 is 5.32 Å². The lowest BCUT2D eigenvalue weighted by Gasteiger charge is -1.97. The van der Waals surface area contributed by atoms with Crippen LogP contribution in [0.25, 0.3) is 6.08 Å². The molecule has 0 atom stereocenters. The van der Waals surface area contributed by atoms with E-state index in [4.69, 9.17) is 11.6 Å². The van der Waals surface area contributed by atoms with Gasteiger partial charge in [0, 0.05) is 14.8 Å². The van der Waals surface area contributed by atoms with Crippen molar-refractivity contribution in [2.24, 2.45) is 0 Å². The number of halogens is 1. The molecule has 0 unspecified atom stereocenters. The second-order valence-corrected chi connectivity index (χ2v) is 8.01. The standard InChI is InChI=1S/C14H8ClNO2S3/c15-8-1-3-9(4-2-8)19-12-6-5-10(20-12)7-11-13(17)16-14(18)21-11/h1-7H,(H,16,17,18)/b11-7+. The molecular formula is C14H8ClNO2S3. The Balaban J connectivity index is 1.74. The van der Waals surface area contributed by atoms with E-state index in [1.807, 2.05) is 36.4 Å². The van der Waals surface area contributed by atoms with E-state index in [0.717, 1.165) is 25.7 Å². The van der Waals surface area contributed by atoms with Gasteiger partial charge < -0.3 is 0 Å². The second-order valence-electron chi connectivity index (χ2n) is 4.07. The normalized spacial score (nSPS) is 16.5. The molecule has 106 valence electrons. The number of hydrogen-bond donors (Lipinski definition) is 1. The molecule has 1 aromatic carbocycles. The zero-order valence-corrected chi connectivity index (χ0v) is 13.7. The average Bonchev–Trinajstić information content (AvgIpc) is 3.00. The van der Waals surface area contributed by atoms with Gasteiger partial charge in [-0.2, -0.15) is 0 Å². The zero-order valence-electron chi connectivity index (χ0n) is 10.5. The summed E-state index contributed by atoms with van der Waals surface area (Å²) in [6, 6.07) is 11.6. The maximum atomic E-state index is 11.5. The van der Waals surface area contributed by atoms with Crippen molar-refractivity contribution in [3.63, 3.8) is 0 Å². The van der Waals surface area contributed by atoms with Gasteiger partial charge in [-0.15, -0.1) is 11.3 Å². The highest BCUT2D eigenvalue weighted by Gasteiger charge is 2.25. The van der Waals surface area contributed by atoms with Crippen molar-refractivity contribution in [2.45, 2.75) is 9.10 Å². The summed E-state index contributed by atoms with van der Waals surface area (Å²) < 4.78 is 1.11. The molecule has 1 aromatic heterocycles. The number of thioether (sulfide) groups is 1. The smallest absolute Gasteiger partial charge is 0.282 e. The van der Waals surface area contributed by atoms with Crippen LogP contribution in [0.5, 0.6) is 0 Å². The van der Waals surface area contributed by atoms with Crippen LogP contribution in [0.1, 0.15) is 4.88 Å². The summed E-state index contributed by atoms with van der Waals surface area (Å²) >= 11 is 9.99. The molecule has 0 aliphatic carbocycles. The van der Waals surface area contributed by atoms with Crippen LogP contribution in [-0.2, 0) is 4.79 Å². The minimum absolute atomic E-state index is 0.321. The van der Waals surface area contributed by atoms with Crippen molar-refractivity contribution in [1.82, 2.24) is 5.32 Å². The Morgan fingerprint density at radius 1 is 1.10 bits per heavy atom. The first-order valence-electron chi connectivity index (χ1n) is 5.88. The molecule has 1 aliphatic rings. The fourth-order valence-electron chi connectivity index (χ4n) is 1.64. The Hall–Kier alpha value is -1.21. The summed E-state index contributed by atoms with van der Waals surface area (Å²) in [6.07, 6.45) is 1.74. The Labute approximate surface area is 138 Å². The predicted octanol–water partition coefficient (Wildman–Crippen LogP) is 4.88. The number of benzene rings is 1. The highest BCUT2D eigenvalue weighted by Crippen LogP contribution is 2.36. The largest absolute Gasteiger partial charge is 0.290 e. The molecule has 21 heavy (non-hydrogen) atoms. The molecule has 3 nitrogen and oxygen atoms in total. The fraction of sp³-hybridized carbons (Fsp3) is 0. The van der Waals surface area contributed by atoms with Gasteiger partial charge in [-0.25, -0.2) is 0 Å². The molecule has 2 heterocycles. The number of nitrogens with one attached hydrogen (secondary N) is 1.